The van der Waals surface area contributed by atoms with Crippen molar-refractivity contribution in [1.29, 1.82) is 0 Å². The number of urea groups is 1. The number of hydrogen-bond acceptors (Lipinski definition) is 7. The van der Waals surface area contributed by atoms with Crippen molar-refractivity contribution in [2.24, 2.45) is 0 Å². The molecule has 2 N–H and O–H groups in total. The SMILES string of the molecule is CC(C)(C)OC(=O)N1c2cc(F)cc3c(=O)[nH]nc(c23)C(N2C(=O)NC3(CC(=O)C3)C2=O)C1c1ccc(F)cc1. The molecule has 2 fully saturated rings. The summed E-state index contributed by atoms with van der Waals surface area (Å²) in [5.74, 6) is -2.35. The molecule has 3 heterocycles. The zero-order chi connectivity index (χ0) is 28.7. The van der Waals surface area contributed by atoms with Crippen molar-refractivity contribution in [2.75, 3.05) is 4.90 Å². The van der Waals surface area contributed by atoms with Gasteiger partial charge >= 0.3 is 12.1 Å². The van der Waals surface area contributed by atoms with Crippen molar-refractivity contribution in [3.63, 3.8) is 0 Å². The van der Waals surface area contributed by atoms with Crippen LogP contribution in [0.3, 0.4) is 0 Å². The summed E-state index contributed by atoms with van der Waals surface area (Å²) >= 11 is 0. The van der Waals surface area contributed by atoms with E-state index in [1.165, 1.54) is 12.1 Å². The van der Waals surface area contributed by atoms with E-state index >= 15 is 0 Å². The fourth-order valence-corrected chi connectivity index (χ4v) is 5.65. The quantitative estimate of drug-likeness (QED) is 0.465. The Morgan fingerprint density at radius 2 is 1.70 bits per heavy atom. The van der Waals surface area contributed by atoms with Gasteiger partial charge in [-0.25, -0.2) is 23.5 Å². The highest BCUT2D eigenvalue weighted by Gasteiger charge is 2.62. The number of nitrogens with zero attached hydrogens (tertiary/aromatic N) is 3. The number of H-pyrrole nitrogens is 1. The number of Topliss-reactive ketones (excluding diaryl/α,β-unsaturated/α-hetero) is 1. The van der Waals surface area contributed by atoms with Crippen LogP contribution in [0, 0.1) is 11.6 Å². The Bertz CT molecular complexity index is 1690. The first-order valence-electron chi connectivity index (χ1n) is 12.5. The number of rotatable bonds is 2. The molecule has 1 aliphatic carbocycles. The number of imide groups is 1. The third-order valence-electron chi connectivity index (χ3n) is 7.25. The van der Waals surface area contributed by atoms with Crippen LogP contribution in [0.15, 0.2) is 41.2 Å². The van der Waals surface area contributed by atoms with Gasteiger partial charge in [0, 0.05) is 18.2 Å². The summed E-state index contributed by atoms with van der Waals surface area (Å²) in [6, 6.07) is 3.47. The standard InChI is InChI=1S/C27H23F2N5O6/c1-26(2,3)40-25(39)33-17-9-14(29)8-16-18(17)19(31-32-22(16)36)21(20(33)12-4-6-13(28)7-5-12)34-23(37)27(30-24(34)38)10-15(35)11-27/h4-9,20-21H,10-11H2,1-3H3,(H,30,38)(H,32,36). The number of halogens is 2. The van der Waals surface area contributed by atoms with Crippen molar-refractivity contribution in [3.05, 3.63) is 69.6 Å². The topological polar surface area (TPSA) is 142 Å². The van der Waals surface area contributed by atoms with E-state index in [4.69, 9.17) is 4.74 Å². The molecule has 0 bridgehead atoms. The van der Waals surface area contributed by atoms with Crippen LogP contribution in [0.25, 0.3) is 10.8 Å². The Hall–Kier alpha value is -4.68. The Kier molecular flexibility index (Phi) is 5.38. The maximum atomic E-state index is 14.9. The molecule has 2 aliphatic heterocycles. The predicted octanol–water partition coefficient (Wildman–Crippen LogP) is 3.39. The highest BCUT2D eigenvalue weighted by Crippen LogP contribution is 2.51. The van der Waals surface area contributed by atoms with Crippen LogP contribution >= 0.6 is 0 Å². The number of carbonyl (C=O) groups is 4. The molecule has 3 aromatic rings. The minimum absolute atomic E-state index is 0.00457. The molecule has 3 aliphatic rings. The van der Waals surface area contributed by atoms with Crippen LogP contribution in [-0.4, -0.2) is 50.1 Å². The summed E-state index contributed by atoms with van der Waals surface area (Å²) in [4.78, 5) is 67.6. The van der Waals surface area contributed by atoms with Gasteiger partial charge in [-0.1, -0.05) is 12.1 Å². The highest BCUT2D eigenvalue weighted by atomic mass is 19.1. The number of aromatic amines is 1. The van der Waals surface area contributed by atoms with Gasteiger partial charge < -0.3 is 10.1 Å². The zero-order valence-corrected chi connectivity index (χ0v) is 21.6. The van der Waals surface area contributed by atoms with Gasteiger partial charge in [-0.2, -0.15) is 5.10 Å². The van der Waals surface area contributed by atoms with Gasteiger partial charge in [-0.3, -0.25) is 24.2 Å². The highest BCUT2D eigenvalue weighted by molar-refractivity contribution is 6.15. The summed E-state index contributed by atoms with van der Waals surface area (Å²) in [5, 5.41) is 8.93. The molecule has 1 spiro atoms. The maximum absolute atomic E-state index is 14.9. The van der Waals surface area contributed by atoms with Crippen LogP contribution in [0.4, 0.5) is 24.1 Å². The number of carbonyl (C=O) groups excluding carboxylic acids is 4. The number of benzene rings is 2. The summed E-state index contributed by atoms with van der Waals surface area (Å²) in [5.41, 5.74) is -3.03. The van der Waals surface area contributed by atoms with Crippen LogP contribution in [0.1, 0.15) is 57.0 Å². The van der Waals surface area contributed by atoms with Gasteiger partial charge in [0.25, 0.3) is 11.5 Å². The molecule has 6 rings (SSSR count). The molecule has 40 heavy (non-hydrogen) atoms. The molecule has 2 unspecified atom stereocenters. The lowest BCUT2D eigenvalue weighted by Crippen LogP contribution is -2.58. The van der Waals surface area contributed by atoms with Crippen molar-refractivity contribution in [2.45, 2.75) is 56.8 Å². The monoisotopic (exact) mass is 551 g/mol. The second kappa shape index (κ2) is 8.41. The number of ether oxygens (including phenoxy) is 1. The van der Waals surface area contributed by atoms with E-state index in [1.54, 1.807) is 20.8 Å². The van der Waals surface area contributed by atoms with E-state index in [0.29, 0.717) is 0 Å². The number of aromatic nitrogens is 2. The first-order chi connectivity index (χ1) is 18.8. The molecular formula is C27H23F2N5O6. The third kappa shape index (κ3) is 3.75. The predicted molar refractivity (Wildman–Crippen MR) is 135 cm³/mol. The Labute approximate surface area is 225 Å². The number of nitrogens with one attached hydrogen (secondary N) is 2. The lowest BCUT2D eigenvalue weighted by atomic mass is 9.75. The second-order valence-corrected chi connectivity index (χ2v) is 11.2. The molecule has 4 amide bonds. The van der Waals surface area contributed by atoms with Gasteiger partial charge in [0.05, 0.1) is 22.8 Å². The first kappa shape index (κ1) is 25.6. The van der Waals surface area contributed by atoms with Crippen molar-refractivity contribution in [3.8, 4) is 0 Å². The van der Waals surface area contributed by atoms with Crippen LogP contribution < -0.4 is 15.8 Å². The second-order valence-electron chi connectivity index (χ2n) is 11.2. The third-order valence-corrected chi connectivity index (χ3v) is 7.25. The number of ketones is 1. The van der Waals surface area contributed by atoms with Gasteiger partial charge in [0.2, 0.25) is 0 Å². The fourth-order valence-electron chi connectivity index (χ4n) is 5.65. The minimum Gasteiger partial charge on any atom is -0.443 e. The summed E-state index contributed by atoms with van der Waals surface area (Å²) < 4.78 is 34.6. The average Bonchev–Trinajstić information content (AvgIpc) is 3.09. The van der Waals surface area contributed by atoms with Crippen molar-refractivity contribution in [1.82, 2.24) is 20.4 Å². The van der Waals surface area contributed by atoms with Crippen molar-refractivity contribution < 1.29 is 32.7 Å². The number of anilines is 1. The molecule has 1 saturated heterocycles. The van der Waals surface area contributed by atoms with Crippen molar-refractivity contribution >= 4 is 40.3 Å². The average molecular weight is 552 g/mol. The fraction of sp³-hybridized carbons (Fsp3) is 0.333. The smallest absolute Gasteiger partial charge is 0.415 e. The van der Waals surface area contributed by atoms with E-state index < -0.39 is 58.4 Å². The van der Waals surface area contributed by atoms with Gasteiger partial charge in [-0.15, -0.1) is 0 Å². The summed E-state index contributed by atoms with van der Waals surface area (Å²) in [6.07, 6.45) is -1.37. The van der Waals surface area contributed by atoms with E-state index in [1.807, 2.05) is 0 Å². The molecule has 1 saturated carbocycles. The van der Waals surface area contributed by atoms with E-state index in [2.05, 4.69) is 15.5 Å². The van der Waals surface area contributed by atoms with Crippen LogP contribution in [0.5, 0.6) is 0 Å². The minimum atomic E-state index is -1.44. The van der Waals surface area contributed by atoms with Gasteiger partial charge in [0.1, 0.15) is 34.6 Å². The Morgan fingerprint density at radius 3 is 2.33 bits per heavy atom. The zero-order valence-electron chi connectivity index (χ0n) is 21.6. The van der Waals surface area contributed by atoms with Gasteiger partial charge in [-0.05, 0) is 50.6 Å². The first-order valence-corrected chi connectivity index (χ1v) is 12.5. The molecule has 2 atom stereocenters. The number of hydrogen-bond donors (Lipinski definition) is 2. The van der Waals surface area contributed by atoms with Gasteiger partial charge in [0.15, 0.2) is 0 Å². The number of amides is 4. The molecule has 0 radical (unpaired) electrons. The maximum Gasteiger partial charge on any atom is 0.415 e. The largest absolute Gasteiger partial charge is 0.443 e. The molecule has 11 nitrogen and oxygen atoms in total. The lowest BCUT2D eigenvalue weighted by molar-refractivity contribution is -0.144. The van der Waals surface area contributed by atoms with E-state index in [-0.39, 0.29) is 46.3 Å². The van der Waals surface area contributed by atoms with E-state index in [9.17, 15) is 32.8 Å². The summed E-state index contributed by atoms with van der Waals surface area (Å²) in [7, 11) is 0. The molecular weight excluding hydrogens is 528 g/mol. The molecule has 13 heteroatoms. The Balaban J connectivity index is 1.66. The van der Waals surface area contributed by atoms with E-state index in [0.717, 1.165) is 34.1 Å². The normalized spacial score (nSPS) is 21.6. The summed E-state index contributed by atoms with van der Waals surface area (Å²) in [6.45, 7) is 4.86. The molecule has 206 valence electrons. The molecule has 2 aromatic carbocycles. The molecule has 1 aromatic heterocycles. The van der Waals surface area contributed by atoms with Crippen LogP contribution in [-0.2, 0) is 14.3 Å². The van der Waals surface area contributed by atoms with Crippen LogP contribution in [0.2, 0.25) is 0 Å². The Morgan fingerprint density at radius 1 is 1.02 bits per heavy atom. The lowest BCUT2D eigenvalue weighted by Gasteiger charge is -2.44.